The van der Waals surface area contributed by atoms with Crippen LogP contribution in [-0.4, -0.2) is 4.92 Å². The van der Waals surface area contributed by atoms with Crippen LogP contribution >= 0.6 is 31.9 Å². The highest BCUT2D eigenvalue weighted by Gasteiger charge is 2.03. The highest BCUT2D eigenvalue weighted by atomic mass is 79.9. The van der Waals surface area contributed by atoms with E-state index >= 15 is 0 Å². The Bertz CT molecular complexity index is 363. The maximum absolute atomic E-state index is 10.3. The lowest BCUT2D eigenvalue weighted by molar-refractivity contribution is -0.407. The predicted molar refractivity (Wildman–Crippen MR) is 58.0 cm³/mol. The van der Waals surface area contributed by atoms with Gasteiger partial charge in [-0.2, -0.15) is 0 Å². The van der Waals surface area contributed by atoms with Gasteiger partial charge < -0.3 is 0 Å². The van der Waals surface area contributed by atoms with Gasteiger partial charge in [-0.1, -0.05) is 28.1 Å². The molecule has 0 radical (unpaired) electrons. The SMILES string of the molecule is O=[N+]([O-])/C(Br)=C/c1cccc(Br)c1. The molecule has 0 aliphatic heterocycles. The first-order valence-corrected chi connectivity index (χ1v) is 4.95. The van der Waals surface area contributed by atoms with Crippen molar-refractivity contribution in [3.63, 3.8) is 0 Å². The second-order valence-electron chi connectivity index (χ2n) is 2.28. The van der Waals surface area contributed by atoms with Gasteiger partial charge in [0.25, 0.3) is 0 Å². The second kappa shape index (κ2) is 4.53. The topological polar surface area (TPSA) is 43.1 Å². The fourth-order valence-corrected chi connectivity index (χ4v) is 1.47. The van der Waals surface area contributed by atoms with Crippen LogP contribution in [0.2, 0.25) is 0 Å². The highest BCUT2D eigenvalue weighted by molar-refractivity contribution is 9.11. The summed E-state index contributed by atoms with van der Waals surface area (Å²) in [7, 11) is 0. The van der Waals surface area contributed by atoms with Crippen molar-refractivity contribution in [2.45, 2.75) is 0 Å². The van der Waals surface area contributed by atoms with Crippen LogP contribution < -0.4 is 0 Å². The van der Waals surface area contributed by atoms with Crippen molar-refractivity contribution in [2.24, 2.45) is 0 Å². The third kappa shape index (κ3) is 3.28. The van der Waals surface area contributed by atoms with Crippen molar-refractivity contribution in [1.82, 2.24) is 0 Å². The Labute approximate surface area is 91.9 Å². The first kappa shape index (κ1) is 10.4. The molecule has 68 valence electrons. The standard InChI is InChI=1S/C8H5Br2NO2/c9-7-3-1-2-6(4-7)5-8(10)11(12)13/h1-5H/b8-5+. The molecule has 0 bridgehead atoms. The monoisotopic (exact) mass is 305 g/mol. The molecule has 0 atom stereocenters. The molecule has 0 saturated carbocycles. The molecule has 0 aliphatic carbocycles. The molecule has 0 amide bonds. The Morgan fingerprint density at radius 3 is 2.77 bits per heavy atom. The molecule has 0 fully saturated rings. The molecule has 1 rings (SSSR count). The zero-order valence-corrected chi connectivity index (χ0v) is 9.58. The van der Waals surface area contributed by atoms with Gasteiger partial charge in [0.15, 0.2) is 0 Å². The lowest BCUT2D eigenvalue weighted by atomic mass is 10.2. The van der Waals surface area contributed by atoms with E-state index in [0.29, 0.717) is 0 Å². The first-order chi connectivity index (χ1) is 6.09. The number of hydrogen-bond acceptors (Lipinski definition) is 2. The molecule has 0 aromatic heterocycles. The van der Waals surface area contributed by atoms with Gasteiger partial charge in [0.2, 0.25) is 0 Å². The minimum absolute atomic E-state index is 0.0504. The Balaban J connectivity index is 2.97. The minimum atomic E-state index is -0.485. The van der Waals surface area contributed by atoms with Crippen LogP contribution in [0.1, 0.15) is 5.56 Å². The van der Waals surface area contributed by atoms with Crippen molar-refractivity contribution in [1.29, 1.82) is 0 Å². The maximum Gasteiger partial charge on any atom is 0.311 e. The van der Waals surface area contributed by atoms with Crippen LogP contribution in [-0.2, 0) is 0 Å². The first-order valence-electron chi connectivity index (χ1n) is 3.37. The zero-order chi connectivity index (χ0) is 9.84. The molecule has 3 nitrogen and oxygen atoms in total. The fraction of sp³-hybridized carbons (Fsp3) is 0. The summed E-state index contributed by atoms with van der Waals surface area (Å²) >= 11 is 6.12. The lowest BCUT2D eigenvalue weighted by Crippen LogP contribution is -1.89. The summed E-state index contributed by atoms with van der Waals surface area (Å²) < 4.78 is 0.843. The third-order valence-electron chi connectivity index (χ3n) is 1.31. The highest BCUT2D eigenvalue weighted by Crippen LogP contribution is 2.16. The Morgan fingerprint density at radius 1 is 1.54 bits per heavy atom. The molecule has 0 spiro atoms. The van der Waals surface area contributed by atoms with E-state index in [2.05, 4.69) is 31.9 Å². The van der Waals surface area contributed by atoms with E-state index in [4.69, 9.17) is 0 Å². The van der Waals surface area contributed by atoms with Gasteiger partial charge in [-0.15, -0.1) is 0 Å². The van der Waals surface area contributed by atoms with Crippen LogP contribution in [0.25, 0.3) is 6.08 Å². The summed E-state index contributed by atoms with van der Waals surface area (Å²) in [6.45, 7) is 0. The van der Waals surface area contributed by atoms with Gasteiger partial charge in [-0.3, -0.25) is 10.1 Å². The smallest absolute Gasteiger partial charge is 0.258 e. The predicted octanol–water partition coefficient (Wildman–Crippen LogP) is 3.42. The van der Waals surface area contributed by atoms with E-state index in [9.17, 15) is 10.1 Å². The summed E-state index contributed by atoms with van der Waals surface area (Å²) in [5.41, 5.74) is 0.776. The van der Waals surface area contributed by atoms with Crippen LogP contribution in [0.4, 0.5) is 0 Å². The molecule has 0 aliphatic rings. The molecular formula is C8H5Br2NO2. The number of nitrogens with zero attached hydrogens (tertiary/aromatic N) is 1. The Kier molecular flexibility index (Phi) is 3.62. The van der Waals surface area contributed by atoms with E-state index in [1.807, 2.05) is 12.1 Å². The van der Waals surface area contributed by atoms with Crippen LogP contribution in [0.15, 0.2) is 33.3 Å². The van der Waals surface area contributed by atoms with E-state index in [1.54, 1.807) is 12.1 Å². The molecule has 0 heterocycles. The summed E-state index contributed by atoms with van der Waals surface area (Å²) in [5.74, 6) is 0. The molecule has 5 heteroatoms. The average Bonchev–Trinajstić information content (AvgIpc) is 2.04. The second-order valence-corrected chi connectivity index (χ2v) is 4.01. The van der Waals surface area contributed by atoms with Gasteiger partial charge in [0.05, 0.1) is 4.92 Å². The van der Waals surface area contributed by atoms with E-state index in [-0.39, 0.29) is 4.61 Å². The number of benzene rings is 1. The minimum Gasteiger partial charge on any atom is -0.258 e. The van der Waals surface area contributed by atoms with Gasteiger partial charge in [-0.25, -0.2) is 0 Å². The molecule has 0 unspecified atom stereocenters. The lowest BCUT2D eigenvalue weighted by Gasteiger charge is -1.93. The van der Waals surface area contributed by atoms with Crippen molar-refractivity contribution < 1.29 is 4.92 Å². The summed E-state index contributed by atoms with van der Waals surface area (Å²) in [6, 6.07) is 7.26. The van der Waals surface area contributed by atoms with E-state index in [1.165, 1.54) is 6.08 Å². The van der Waals surface area contributed by atoms with Crippen molar-refractivity contribution in [3.05, 3.63) is 49.0 Å². The molecule has 1 aromatic rings. The van der Waals surface area contributed by atoms with Gasteiger partial charge in [0, 0.05) is 26.5 Å². The number of halogens is 2. The number of hydrogen-bond donors (Lipinski definition) is 0. The van der Waals surface area contributed by atoms with Crippen molar-refractivity contribution in [2.75, 3.05) is 0 Å². The summed E-state index contributed by atoms with van der Waals surface area (Å²) in [5, 5.41) is 10.3. The largest absolute Gasteiger partial charge is 0.311 e. The summed E-state index contributed by atoms with van der Waals surface area (Å²) in [4.78, 5) is 9.78. The van der Waals surface area contributed by atoms with Gasteiger partial charge in [0.1, 0.15) is 0 Å². The van der Waals surface area contributed by atoms with Crippen LogP contribution in [0.5, 0.6) is 0 Å². The van der Waals surface area contributed by atoms with Crippen LogP contribution in [0.3, 0.4) is 0 Å². The number of rotatable bonds is 2. The zero-order valence-electron chi connectivity index (χ0n) is 6.41. The molecule has 0 N–H and O–H groups in total. The van der Waals surface area contributed by atoms with Gasteiger partial charge >= 0.3 is 4.61 Å². The number of nitro groups is 1. The Hall–Kier alpha value is -0.680. The van der Waals surface area contributed by atoms with E-state index < -0.39 is 4.92 Å². The third-order valence-corrected chi connectivity index (χ3v) is 2.32. The molecule has 13 heavy (non-hydrogen) atoms. The molecule has 0 saturated heterocycles. The average molecular weight is 307 g/mol. The van der Waals surface area contributed by atoms with Crippen molar-refractivity contribution >= 4 is 37.9 Å². The fourth-order valence-electron chi connectivity index (χ4n) is 0.787. The summed E-state index contributed by atoms with van der Waals surface area (Å²) in [6.07, 6.45) is 1.45. The van der Waals surface area contributed by atoms with Gasteiger partial charge in [-0.05, 0) is 17.7 Å². The van der Waals surface area contributed by atoms with Crippen molar-refractivity contribution in [3.8, 4) is 0 Å². The molecule has 1 aromatic carbocycles. The van der Waals surface area contributed by atoms with Crippen LogP contribution in [0, 0.1) is 10.1 Å². The maximum atomic E-state index is 10.3. The molecular weight excluding hydrogens is 302 g/mol. The normalized spacial score (nSPS) is 11.4. The Morgan fingerprint density at radius 2 is 2.23 bits per heavy atom. The van der Waals surface area contributed by atoms with E-state index in [0.717, 1.165) is 10.0 Å². The quantitative estimate of drug-likeness (QED) is 0.477.